The Balaban J connectivity index is 1.58. The second-order valence-corrected chi connectivity index (χ2v) is 6.03. The van der Waals surface area contributed by atoms with Crippen molar-refractivity contribution in [2.45, 2.75) is 58.0 Å². The van der Waals surface area contributed by atoms with Gasteiger partial charge in [0.2, 0.25) is 0 Å². The van der Waals surface area contributed by atoms with Gasteiger partial charge in [-0.1, -0.05) is 19.4 Å². The first-order valence-corrected chi connectivity index (χ1v) is 8.39. The molecular weight excluding hydrogens is 274 g/mol. The minimum atomic E-state index is 0.630. The third-order valence-electron chi connectivity index (χ3n) is 4.46. The van der Waals surface area contributed by atoms with E-state index in [0.717, 1.165) is 37.6 Å². The van der Waals surface area contributed by atoms with Gasteiger partial charge < -0.3 is 0 Å². The number of aromatic nitrogens is 4. The summed E-state index contributed by atoms with van der Waals surface area (Å²) in [6.45, 7) is 4.14. The van der Waals surface area contributed by atoms with E-state index in [0.29, 0.717) is 6.04 Å². The number of rotatable bonds is 6. The van der Waals surface area contributed by atoms with Crippen molar-refractivity contribution >= 4 is 0 Å². The SMILES string of the molecule is CCc1n[nH]c(CN2CCCC[C@@H]2CCc2ccccn2)n1. The normalized spacial score (nSPS) is 19.4. The third kappa shape index (κ3) is 3.91. The van der Waals surface area contributed by atoms with Gasteiger partial charge in [0.15, 0.2) is 0 Å². The van der Waals surface area contributed by atoms with E-state index in [9.17, 15) is 0 Å². The fourth-order valence-corrected chi connectivity index (χ4v) is 3.21. The van der Waals surface area contributed by atoms with Gasteiger partial charge in [0, 0.05) is 24.4 Å². The van der Waals surface area contributed by atoms with Crippen molar-refractivity contribution in [3.05, 3.63) is 41.7 Å². The molecule has 2 aromatic heterocycles. The van der Waals surface area contributed by atoms with Gasteiger partial charge in [-0.3, -0.25) is 15.0 Å². The van der Waals surface area contributed by atoms with Gasteiger partial charge in [-0.2, -0.15) is 5.10 Å². The van der Waals surface area contributed by atoms with E-state index in [4.69, 9.17) is 0 Å². The molecule has 3 rings (SSSR count). The number of aryl methyl sites for hydroxylation is 2. The van der Waals surface area contributed by atoms with Gasteiger partial charge in [-0.05, 0) is 44.4 Å². The lowest BCUT2D eigenvalue weighted by atomic mass is 9.97. The van der Waals surface area contributed by atoms with Crippen LogP contribution >= 0.6 is 0 Å². The van der Waals surface area contributed by atoms with Gasteiger partial charge >= 0.3 is 0 Å². The standard InChI is InChI=1S/C17H25N5/c1-2-16-19-17(21-20-16)13-22-12-6-4-8-15(22)10-9-14-7-3-5-11-18-14/h3,5,7,11,15H,2,4,6,8-10,12-13H2,1H3,(H,19,20,21)/t15-/m1/s1. The number of hydrogen-bond acceptors (Lipinski definition) is 4. The topological polar surface area (TPSA) is 57.7 Å². The molecular formula is C17H25N5. The van der Waals surface area contributed by atoms with Crippen LogP contribution in [-0.4, -0.2) is 37.7 Å². The first-order chi connectivity index (χ1) is 10.8. The Hall–Kier alpha value is -1.75. The summed E-state index contributed by atoms with van der Waals surface area (Å²) in [7, 11) is 0. The molecule has 22 heavy (non-hydrogen) atoms. The summed E-state index contributed by atoms with van der Waals surface area (Å²) in [5, 5.41) is 7.33. The molecule has 0 spiro atoms. The van der Waals surface area contributed by atoms with Crippen LogP contribution in [-0.2, 0) is 19.4 Å². The molecule has 0 radical (unpaired) electrons. The van der Waals surface area contributed by atoms with E-state index >= 15 is 0 Å². The smallest absolute Gasteiger partial charge is 0.150 e. The van der Waals surface area contributed by atoms with E-state index in [-0.39, 0.29) is 0 Å². The number of hydrogen-bond donors (Lipinski definition) is 1. The lowest BCUT2D eigenvalue weighted by molar-refractivity contribution is 0.129. The fraction of sp³-hybridized carbons (Fsp3) is 0.588. The minimum absolute atomic E-state index is 0.630. The highest BCUT2D eigenvalue weighted by atomic mass is 15.3. The molecule has 0 aromatic carbocycles. The zero-order chi connectivity index (χ0) is 15.2. The van der Waals surface area contributed by atoms with Crippen molar-refractivity contribution in [2.75, 3.05) is 6.54 Å². The molecule has 5 heteroatoms. The number of H-pyrrole nitrogens is 1. The highest BCUT2D eigenvalue weighted by Gasteiger charge is 2.23. The van der Waals surface area contributed by atoms with Crippen LogP contribution in [0.5, 0.6) is 0 Å². The maximum absolute atomic E-state index is 4.55. The van der Waals surface area contributed by atoms with Gasteiger partial charge in [-0.15, -0.1) is 0 Å². The molecule has 0 saturated carbocycles. The van der Waals surface area contributed by atoms with Gasteiger partial charge in [-0.25, -0.2) is 4.98 Å². The summed E-state index contributed by atoms with van der Waals surface area (Å²) in [5.74, 6) is 1.92. The van der Waals surface area contributed by atoms with Crippen LogP contribution in [0.4, 0.5) is 0 Å². The number of likely N-dealkylation sites (tertiary alicyclic amines) is 1. The van der Waals surface area contributed by atoms with Crippen LogP contribution in [0.3, 0.4) is 0 Å². The van der Waals surface area contributed by atoms with Crippen LogP contribution in [0, 0.1) is 0 Å². The lowest BCUT2D eigenvalue weighted by Gasteiger charge is -2.35. The molecule has 0 aliphatic carbocycles. The summed E-state index contributed by atoms with van der Waals surface area (Å²) in [6, 6.07) is 6.80. The molecule has 0 unspecified atom stereocenters. The highest BCUT2D eigenvalue weighted by Crippen LogP contribution is 2.22. The monoisotopic (exact) mass is 299 g/mol. The maximum atomic E-state index is 4.55. The number of aromatic amines is 1. The van der Waals surface area contributed by atoms with Gasteiger partial charge in [0.1, 0.15) is 11.6 Å². The molecule has 0 bridgehead atoms. The third-order valence-corrected chi connectivity index (χ3v) is 4.46. The zero-order valence-corrected chi connectivity index (χ0v) is 13.3. The van der Waals surface area contributed by atoms with Crippen molar-refractivity contribution in [3.63, 3.8) is 0 Å². The first kappa shape index (κ1) is 15.2. The fourth-order valence-electron chi connectivity index (χ4n) is 3.21. The zero-order valence-electron chi connectivity index (χ0n) is 13.3. The number of nitrogens with one attached hydrogen (secondary N) is 1. The Kier molecular flexibility index (Phi) is 5.16. The second-order valence-electron chi connectivity index (χ2n) is 6.03. The lowest BCUT2D eigenvalue weighted by Crippen LogP contribution is -2.39. The second kappa shape index (κ2) is 7.49. The van der Waals surface area contributed by atoms with E-state index in [1.54, 1.807) is 0 Å². The van der Waals surface area contributed by atoms with Gasteiger partial charge in [0.05, 0.1) is 6.54 Å². The predicted octanol–water partition coefficient (Wildman–Crippen LogP) is 2.75. The number of nitrogens with zero attached hydrogens (tertiary/aromatic N) is 4. The van der Waals surface area contributed by atoms with Crippen molar-refractivity contribution in [3.8, 4) is 0 Å². The summed E-state index contributed by atoms with van der Waals surface area (Å²) in [5.41, 5.74) is 1.20. The minimum Gasteiger partial charge on any atom is -0.293 e. The molecule has 2 aromatic rings. The Morgan fingerprint density at radius 2 is 2.27 bits per heavy atom. The summed E-state index contributed by atoms with van der Waals surface area (Å²) < 4.78 is 0. The van der Waals surface area contributed by atoms with Crippen molar-refractivity contribution in [1.82, 2.24) is 25.1 Å². The van der Waals surface area contributed by atoms with E-state index < -0.39 is 0 Å². The molecule has 1 aliphatic heterocycles. The van der Waals surface area contributed by atoms with Crippen molar-refractivity contribution < 1.29 is 0 Å². The van der Waals surface area contributed by atoms with Crippen LogP contribution < -0.4 is 0 Å². The predicted molar refractivity (Wildman–Crippen MR) is 86.4 cm³/mol. The summed E-state index contributed by atoms with van der Waals surface area (Å²) in [6.07, 6.45) is 8.90. The van der Waals surface area contributed by atoms with Crippen molar-refractivity contribution in [2.24, 2.45) is 0 Å². The molecule has 1 atom stereocenters. The van der Waals surface area contributed by atoms with E-state index in [2.05, 4.69) is 44.1 Å². The molecule has 3 heterocycles. The first-order valence-electron chi connectivity index (χ1n) is 8.39. The number of pyridine rings is 1. The average Bonchev–Trinajstić information content (AvgIpc) is 3.03. The molecule has 1 fully saturated rings. The highest BCUT2D eigenvalue weighted by molar-refractivity contribution is 5.04. The van der Waals surface area contributed by atoms with Crippen molar-refractivity contribution in [1.29, 1.82) is 0 Å². The van der Waals surface area contributed by atoms with Crippen LogP contribution in [0.1, 0.15) is 49.9 Å². The van der Waals surface area contributed by atoms with E-state index in [1.807, 2.05) is 12.3 Å². The van der Waals surface area contributed by atoms with Crippen LogP contribution in [0.2, 0.25) is 0 Å². The molecule has 1 N–H and O–H groups in total. The Morgan fingerprint density at radius 1 is 1.32 bits per heavy atom. The Bertz CT molecular complexity index is 565. The van der Waals surface area contributed by atoms with Gasteiger partial charge in [0.25, 0.3) is 0 Å². The maximum Gasteiger partial charge on any atom is 0.150 e. The quantitative estimate of drug-likeness (QED) is 0.891. The number of piperidine rings is 1. The van der Waals surface area contributed by atoms with Crippen LogP contribution in [0.15, 0.2) is 24.4 Å². The van der Waals surface area contributed by atoms with E-state index in [1.165, 1.54) is 31.4 Å². The van der Waals surface area contributed by atoms with Crippen LogP contribution in [0.25, 0.3) is 0 Å². The molecule has 5 nitrogen and oxygen atoms in total. The summed E-state index contributed by atoms with van der Waals surface area (Å²) >= 11 is 0. The Labute approximate surface area is 132 Å². The molecule has 1 aliphatic rings. The Morgan fingerprint density at radius 3 is 3.05 bits per heavy atom. The molecule has 1 saturated heterocycles. The summed E-state index contributed by atoms with van der Waals surface area (Å²) in [4.78, 5) is 11.6. The average molecular weight is 299 g/mol. The largest absolute Gasteiger partial charge is 0.293 e. The molecule has 0 amide bonds. The molecule has 118 valence electrons.